The Labute approximate surface area is 119 Å². The highest BCUT2D eigenvalue weighted by atomic mass is 79.9. The normalized spacial score (nSPS) is 10.2. The molecule has 0 bridgehead atoms. The maximum Gasteiger partial charge on any atom is 0.337 e. The van der Waals surface area contributed by atoms with Crippen molar-refractivity contribution in [1.29, 1.82) is 0 Å². The molecule has 0 heterocycles. The first-order chi connectivity index (χ1) is 8.99. The fraction of sp³-hybridized carbons (Fsp3) is 0.0714. The maximum atomic E-state index is 11.2. The molecule has 0 radical (unpaired) electrons. The number of nitrogens with one attached hydrogen (secondary N) is 1. The fourth-order valence-electron chi connectivity index (χ4n) is 1.74. The van der Waals surface area contributed by atoms with Crippen molar-refractivity contribution in [2.24, 2.45) is 0 Å². The summed E-state index contributed by atoms with van der Waals surface area (Å²) in [5.41, 5.74) is 8.73. The number of aromatic carboxylic acids is 1. The van der Waals surface area contributed by atoms with Crippen LogP contribution in [0.2, 0.25) is 0 Å². The van der Waals surface area contributed by atoms with Crippen molar-refractivity contribution < 1.29 is 9.90 Å². The largest absolute Gasteiger partial charge is 0.478 e. The number of anilines is 3. The predicted octanol–water partition coefficient (Wildman–Crippen LogP) is 3.78. The molecule has 98 valence electrons. The number of nitrogens with two attached hydrogens (primary N) is 1. The Hall–Kier alpha value is -2.01. The third kappa shape index (κ3) is 2.88. The van der Waals surface area contributed by atoms with Crippen LogP contribution < -0.4 is 11.1 Å². The zero-order valence-corrected chi connectivity index (χ0v) is 11.9. The molecule has 19 heavy (non-hydrogen) atoms. The third-order valence-electron chi connectivity index (χ3n) is 2.81. The van der Waals surface area contributed by atoms with Crippen LogP contribution in [0.1, 0.15) is 15.9 Å². The Morgan fingerprint density at radius 2 is 2.00 bits per heavy atom. The Bertz CT molecular complexity index is 641. The number of carboxylic acid groups (broad SMARTS) is 1. The quantitative estimate of drug-likeness (QED) is 0.752. The smallest absolute Gasteiger partial charge is 0.337 e. The molecule has 0 atom stereocenters. The van der Waals surface area contributed by atoms with Crippen LogP contribution in [0, 0.1) is 6.92 Å². The van der Waals surface area contributed by atoms with Gasteiger partial charge in [-0.2, -0.15) is 0 Å². The van der Waals surface area contributed by atoms with Gasteiger partial charge in [-0.05, 0) is 42.8 Å². The monoisotopic (exact) mass is 320 g/mol. The summed E-state index contributed by atoms with van der Waals surface area (Å²) >= 11 is 3.44. The van der Waals surface area contributed by atoms with Gasteiger partial charge in [-0.3, -0.25) is 0 Å². The second kappa shape index (κ2) is 5.32. The van der Waals surface area contributed by atoms with E-state index in [2.05, 4.69) is 21.2 Å². The molecule has 0 aliphatic heterocycles. The third-order valence-corrected chi connectivity index (χ3v) is 3.67. The van der Waals surface area contributed by atoms with E-state index in [0.717, 1.165) is 15.7 Å². The van der Waals surface area contributed by atoms with Gasteiger partial charge in [0.15, 0.2) is 0 Å². The van der Waals surface area contributed by atoms with Crippen LogP contribution in [0.25, 0.3) is 0 Å². The van der Waals surface area contributed by atoms with Crippen LogP contribution in [0.15, 0.2) is 40.9 Å². The van der Waals surface area contributed by atoms with Gasteiger partial charge in [0.2, 0.25) is 0 Å². The van der Waals surface area contributed by atoms with E-state index in [0.29, 0.717) is 11.4 Å². The SMILES string of the molecule is Cc1c(Br)cccc1Nc1cc(N)ccc1C(=O)O. The molecule has 0 amide bonds. The number of nitrogen functional groups attached to an aromatic ring is 1. The molecule has 2 aromatic carbocycles. The molecular formula is C14H13BrN2O2. The van der Waals surface area contributed by atoms with Gasteiger partial charge in [-0.25, -0.2) is 4.79 Å². The summed E-state index contributed by atoms with van der Waals surface area (Å²) in [6, 6.07) is 10.4. The first-order valence-corrected chi connectivity index (χ1v) is 6.43. The van der Waals surface area contributed by atoms with Gasteiger partial charge in [0.25, 0.3) is 0 Å². The molecule has 0 aliphatic rings. The van der Waals surface area contributed by atoms with Gasteiger partial charge in [-0.15, -0.1) is 0 Å². The first-order valence-electron chi connectivity index (χ1n) is 5.64. The number of rotatable bonds is 3. The van der Waals surface area contributed by atoms with Gasteiger partial charge in [0.05, 0.1) is 11.3 Å². The molecule has 0 aromatic heterocycles. The average Bonchev–Trinajstić information content (AvgIpc) is 2.35. The van der Waals surface area contributed by atoms with Crippen LogP contribution in [0.3, 0.4) is 0 Å². The van der Waals surface area contributed by atoms with Crippen LogP contribution in [0.4, 0.5) is 17.1 Å². The number of hydrogen-bond acceptors (Lipinski definition) is 3. The lowest BCUT2D eigenvalue weighted by Gasteiger charge is -2.13. The van der Waals surface area contributed by atoms with E-state index in [-0.39, 0.29) is 5.56 Å². The number of halogens is 1. The van der Waals surface area contributed by atoms with Crippen LogP contribution >= 0.6 is 15.9 Å². The van der Waals surface area contributed by atoms with Gasteiger partial charge in [0, 0.05) is 15.8 Å². The summed E-state index contributed by atoms with van der Waals surface area (Å²) in [7, 11) is 0. The standard InChI is InChI=1S/C14H13BrN2O2/c1-8-11(15)3-2-4-12(8)17-13-7-9(16)5-6-10(13)14(18)19/h2-7,17H,16H2,1H3,(H,18,19). The van der Waals surface area contributed by atoms with Gasteiger partial charge in [0.1, 0.15) is 0 Å². The molecular weight excluding hydrogens is 308 g/mol. The molecule has 0 spiro atoms. The molecule has 5 heteroatoms. The van der Waals surface area contributed by atoms with E-state index in [1.807, 2.05) is 25.1 Å². The minimum atomic E-state index is -0.991. The van der Waals surface area contributed by atoms with Gasteiger partial charge >= 0.3 is 5.97 Å². The van der Waals surface area contributed by atoms with Crippen molar-refractivity contribution in [1.82, 2.24) is 0 Å². The van der Waals surface area contributed by atoms with Gasteiger partial charge < -0.3 is 16.2 Å². The molecule has 0 saturated carbocycles. The predicted molar refractivity (Wildman–Crippen MR) is 80.0 cm³/mol. The van der Waals surface area contributed by atoms with Gasteiger partial charge in [-0.1, -0.05) is 22.0 Å². The van der Waals surface area contributed by atoms with Crippen LogP contribution in [-0.2, 0) is 0 Å². The fourth-order valence-corrected chi connectivity index (χ4v) is 2.11. The molecule has 4 nitrogen and oxygen atoms in total. The second-order valence-corrected chi connectivity index (χ2v) is 5.00. The maximum absolute atomic E-state index is 11.2. The number of benzene rings is 2. The lowest BCUT2D eigenvalue weighted by Crippen LogP contribution is -2.04. The first kappa shape index (κ1) is 13.4. The van der Waals surface area contributed by atoms with E-state index in [1.54, 1.807) is 12.1 Å². The Balaban J connectivity index is 2.45. The number of hydrogen-bond donors (Lipinski definition) is 3. The van der Waals surface area contributed by atoms with E-state index in [4.69, 9.17) is 10.8 Å². The lowest BCUT2D eigenvalue weighted by atomic mass is 10.1. The molecule has 2 aromatic rings. The highest BCUT2D eigenvalue weighted by Gasteiger charge is 2.11. The van der Waals surface area contributed by atoms with E-state index in [9.17, 15) is 4.79 Å². The highest BCUT2D eigenvalue weighted by Crippen LogP contribution is 2.29. The topological polar surface area (TPSA) is 75.3 Å². The molecule has 0 saturated heterocycles. The van der Waals surface area contributed by atoms with Crippen LogP contribution in [0.5, 0.6) is 0 Å². The summed E-state index contributed by atoms with van der Waals surface area (Å²) < 4.78 is 0.957. The van der Waals surface area contributed by atoms with E-state index < -0.39 is 5.97 Å². The minimum absolute atomic E-state index is 0.188. The summed E-state index contributed by atoms with van der Waals surface area (Å²) in [4.78, 5) is 11.2. The molecule has 0 aliphatic carbocycles. The molecule has 0 unspecified atom stereocenters. The van der Waals surface area contributed by atoms with E-state index >= 15 is 0 Å². The summed E-state index contributed by atoms with van der Waals surface area (Å²) in [5.74, 6) is -0.991. The summed E-state index contributed by atoms with van der Waals surface area (Å²) in [5, 5.41) is 12.3. The average molecular weight is 321 g/mol. The Morgan fingerprint density at radius 1 is 1.26 bits per heavy atom. The Kier molecular flexibility index (Phi) is 3.76. The van der Waals surface area contributed by atoms with Crippen molar-refractivity contribution in [3.63, 3.8) is 0 Å². The van der Waals surface area contributed by atoms with Crippen molar-refractivity contribution in [2.45, 2.75) is 6.92 Å². The van der Waals surface area contributed by atoms with Crippen molar-refractivity contribution in [3.05, 3.63) is 52.0 Å². The minimum Gasteiger partial charge on any atom is -0.478 e. The van der Waals surface area contributed by atoms with E-state index in [1.165, 1.54) is 6.07 Å². The number of carbonyl (C=O) groups is 1. The molecule has 2 rings (SSSR count). The van der Waals surface area contributed by atoms with Crippen molar-refractivity contribution in [3.8, 4) is 0 Å². The molecule has 4 N–H and O–H groups in total. The van der Waals surface area contributed by atoms with Crippen molar-refractivity contribution >= 4 is 39.0 Å². The Morgan fingerprint density at radius 3 is 2.68 bits per heavy atom. The van der Waals surface area contributed by atoms with Crippen LogP contribution in [-0.4, -0.2) is 11.1 Å². The van der Waals surface area contributed by atoms with Crippen molar-refractivity contribution in [2.75, 3.05) is 11.1 Å². The molecule has 0 fully saturated rings. The zero-order chi connectivity index (χ0) is 14.0. The lowest BCUT2D eigenvalue weighted by molar-refractivity contribution is 0.0698. The summed E-state index contributed by atoms with van der Waals surface area (Å²) in [6.07, 6.45) is 0. The zero-order valence-electron chi connectivity index (χ0n) is 10.3. The summed E-state index contributed by atoms with van der Waals surface area (Å²) in [6.45, 7) is 1.94. The number of carboxylic acids is 1. The highest BCUT2D eigenvalue weighted by molar-refractivity contribution is 9.10. The second-order valence-electron chi connectivity index (χ2n) is 4.15.